The van der Waals surface area contributed by atoms with Crippen LogP contribution in [0.25, 0.3) is 21.5 Å². The number of rotatable bonds is 6. The van der Waals surface area contributed by atoms with Crippen LogP contribution in [0.4, 0.5) is 0 Å². The lowest BCUT2D eigenvalue weighted by Crippen LogP contribution is -2.24. The van der Waals surface area contributed by atoms with E-state index in [9.17, 15) is 9.59 Å². The van der Waals surface area contributed by atoms with Crippen LogP contribution in [0.2, 0.25) is 0 Å². The van der Waals surface area contributed by atoms with Gasteiger partial charge in [-0.2, -0.15) is 0 Å². The maximum atomic E-state index is 13.0. The predicted octanol–water partition coefficient (Wildman–Crippen LogP) is 4.98. The van der Waals surface area contributed by atoms with Crippen molar-refractivity contribution in [2.45, 2.75) is 31.7 Å². The third-order valence-electron chi connectivity index (χ3n) is 6.29. The van der Waals surface area contributed by atoms with Gasteiger partial charge >= 0.3 is 5.97 Å². The average molecular weight is 455 g/mol. The Morgan fingerprint density at radius 1 is 0.941 bits per heavy atom. The molecule has 0 aromatic heterocycles. The molecule has 1 heterocycles. The first kappa shape index (κ1) is 22.3. The molecule has 34 heavy (non-hydrogen) atoms. The van der Waals surface area contributed by atoms with E-state index >= 15 is 0 Å². The molecule has 5 nitrogen and oxygen atoms in total. The van der Waals surface area contributed by atoms with Gasteiger partial charge in [0.15, 0.2) is 11.7 Å². The van der Waals surface area contributed by atoms with Crippen LogP contribution in [-0.2, 0) is 25.4 Å². The zero-order chi connectivity index (χ0) is 23.5. The molecular formula is C29H26O5. The molecule has 5 heteroatoms. The second kappa shape index (κ2) is 9.75. The molecule has 3 unspecified atom stereocenters. The first-order valence-electron chi connectivity index (χ1n) is 11.5. The number of hydrogen-bond donors (Lipinski definition) is 0. The molecule has 172 valence electrons. The third kappa shape index (κ3) is 4.72. The Hall–Kier alpha value is -3.54. The van der Waals surface area contributed by atoms with Crippen molar-refractivity contribution in [3.63, 3.8) is 0 Å². The third-order valence-corrected chi connectivity index (χ3v) is 6.29. The molecule has 1 fully saturated rings. The summed E-state index contributed by atoms with van der Waals surface area (Å²) < 4.78 is 17.1. The number of hydrogen-bond acceptors (Lipinski definition) is 5. The molecular weight excluding hydrogens is 428 g/mol. The maximum Gasteiger partial charge on any atom is 0.313 e. The fourth-order valence-corrected chi connectivity index (χ4v) is 4.31. The van der Waals surface area contributed by atoms with Gasteiger partial charge in [-0.15, -0.1) is 0 Å². The van der Waals surface area contributed by atoms with Gasteiger partial charge in [-0.1, -0.05) is 84.9 Å². The van der Waals surface area contributed by atoms with Crippen molar-refractivity contribution < 1.29 is 19.0 Å². The van der Waals surface area contributed by atoms with E-state index in [-0.39, 0.29) is 30.4 Å². The first-order valence-corrected chi connectivity index (χ1v) is 11.5. The molecule has 0 aliphatic carbocycles. The van der Waals surface area contributed by atoms with E-state index < -0.39 is 5.92 Å². The van der Waals surface area contributed by atoms with Gasteiger partial charge in [-0.25, -0.2) is 0 Å². The van der Waals surface area contributed by atoms with Gasteiger partial charge in [0.1, 0.15) is 12.7 Å². The SMILES string of the molecule is CC(C(=O)OCC1COC(Cc2ccccc2)O1)c1ccc2c(=O)c3ccccc3ccc2c1. The molecule has 0 saturated carbocycles. The van der Waals surface area contributed by atoms with Crippen molar-refractivity contribution in [3.8, 4) is 0 Å². The summed E-state index contributed by atoms with van der Waals surface area (Å²) in [6, 6.07) is 26.9. The molecule has 1 aliphatic heterocycles. The van der Waals surface area contributed by atoms with E-state index in [4.69, 9.17) is 14.2 Å². The van der Waals surface area contributed by atoms with E-state index in [1.165, 1.54) is 0 Å². The number of ether oxygens (including phenoxy) is 3. The van der Waals surface area contributed by atoms with Crippen LogP contribution in [-0.4, -0.2) is 31.6 Å². The van der Waals surface area contributed by atoms with Gasteiger partial charge in [-0.05, 0) is 28.8 Å². The lowest BCUT2D eigenvalue weighted by atomic mass is 9.98. The summed E-state index contributed by atoms with van der Waals surface area (Å²) in [5.74, 6) is -0.802. The number of fused-ring (bicyclic) bond motifs is 2. The second-order valence-electron chi connectivity index (χ2n) is 8.66. The maximum absolute atomic E-state index is 13.0. The number of benzene rings is 3. The van der Waals surface area contributed by atoms with E-state index in [1.54, 1.807) is 6.07 Å². The van der Waals surface area contributed by atoms with Crippen LogP contribution in [0.5, 0.6) is 0 Å². The van der Waals surface area contributed by atoms with Crippen molar-refractivity contribution >= 4 is 27.5 Å². The summed E-state index contributed by atoms with van der Waals surface area (Å²) in [6.45, 7) is 2.35. The van der Waals surface area contributed by atoms with Crippen molar-refractivity contribution in [2.75, 3.05) is 13.2 Å². The van der Waals surface area contributed by atoms with Gasteiger partial charge in [0, 0.05) is 17.2 Å². The zero-order valence-electron chi connectivity index (χ0n) is 19.0. The monoisotopic (exact) mass is 454 g/mol. The molecule has 0 bridgehead atoms. The van der Waals surface area contributed by atoms with Gasteiger partial charge in [0.05, 0.1) is 12.5 Å². The Bertz CT molecular complexity index is 1380. The molecule has 4 aromatic rings. The van der Waals surface area contributed by atoms with Crippen molar-refractivity contribution in [2.24, 2.45) is 0 Å². The van der Waals surface area contributed by atoms with Crippen LogP contribution in [0, 0.1) is 0 Å². The molecule has 5 rings (SSSR count). The molecule has 4 aromatic carbocycles. The molecule has 0 N–H and O–H groups in total. The molecule has 0 radical (unpaired) electrons. The lowest BCUT2D eigenvalue weighted by molar-refractivity contribution is -0.149. The van der Waals surface area contributed by atoms with Gasteiger partial charge in [-0.3, -0.25) is 9.59 Å². The van der Waals surface area contributed by atoms with Crippen molar-refractivity contribution in [1.82, 2.24) is 0 Å². The van der Waals surface area contributed by atoms with Gasteiger partial charge < -0.3 is 14.2 Å². The van der Waals surface area contributed by atoms with E-state index in [1.807, 2.05) is 85.8 Å². The number of carbonyl (C=O) groups is 1. The quantitative estimate of drug-likeness (QED) is 0.385. The second-order valence-corrected chi connectivity index (χ2v) is 8.66. The Morgan fingerprint density at radius 2 is 1.68 bits per heavy atom. The normalized spacial score (nSPS) is 18.7. The molecule has 0 amide bonds. The standard InChI is InChI=1S/C29H26O5/c1-19(29(31)33-18-24-17-32-27(34-24)15-20-7-3-2-4-8-20)22-13-14-26-23(16-22)12-11-21-9-5-6-10-25(21)28(26)30/h2-14,16,19,24,27H,15,17-18H2,1H3. The van der Waals surface area contributed by atoms with E-state index in [0.717, 1.165) is 21.9 Å². The predicted molar refractivity (Wildman–Crippen MR) is 132 cm³/mol. The summed E-state index contributed by atoms with van der Waals surface area (Å²) in [6.07, 6.45) is 0.0462. The van der Waals surface area contributed by atoms with E-state index in [0.29, 0.717) is 23.8 Å². The topological polar surface area (TPSA) is 61.8 Å². The van der Waals surface area contributed by atoms with Crippen LogP contribution >= 0.6 is 0 Å². The number of esters is 1. The lowest BCUT2D eigenvalue weighted by Gasteiger charge is -2.15. The summed E-state index contributed by atoms with van der Waals surface area (Å²) in [5, 5.41) is 3.00. The van der Waals surface area contributed by atoms with E-state index in [2.05, 4.69) is 0 Å². The van der Waals surface area contributed by atoms with Gasteiger partial charge in [0.2, 0.25) is 0 Å². The highest BCUT2D eigenvalue weighted by molar-refractivity contribution is 5.94. The smallest absolute Gasteiger partial charge is 0.313 e. The minimum absolute atomic E-state index is 0.0131. The Kier molecular flexibility index (Phi) is 6.39. The summed E-state index contributed by atoms with van der Waals surface area (Å²) in [4.78, 5) is 25.7. The fraction of sp³-hybridized carbons (Fsp3) is 0.241. The highest BCUT2D eigenvalue weighted by Gasteiger charge is 2.28. The van der Waals surface area contributed by atoms with Crippen LogP contribution < -0.4 is 5.43 Å². The highest BCUT2D eigenvalue weighted by atomic mass is 16.7. The van der Waals surface area contributed by atoms with Crippen molar-refractivity contribution in [3.05, 3.63) is 106 Å². The summed E-state index contributed by atoms with van der Waals surface area (Å²) in [5.41, 5.74) is 1.93. The largest absolute Gasteiger partial charge is 0.462 e. The summed E-state index contributed by atoms with van der Waals surface area (Å²) in [7, 11) is 0. The molecule has 1 aliphatic rings. The fourth-order valence-electron chi connectivity index (χ4n) is 4.31. The molecule has 1 saturated heterocycles. The van der Waals surface area contributed by atoms with Crippen LogP contribution in [0.15, 0.2) is 89.7 Å². The molecule has 0 spiro atoms. The van der Waals surface area contributed by atoms with Crippen LogP contribution in [0.3, 0.4) is 0 Å². The Balaban J connectivity index is 1.24. The average Bonchev–Trinajstić information content (AvgIpc) is 3.27. The van der Waals surface area contributed by atoms with Crippen molar-refractivity contribution in [1.29, 1.82) is 0 Å². The summed E-state index contributed by atoms with van der Waals surface area (Å²) >= 11 is 0. The minimum atomic E-state index is -0.470. The Labute approximate surface area is 197 Å². The molecule has 3 atom stereocenters. The minimum Gasteiger partial charge on any atom is -0.462 e. The Morgan fingerprint density at radius 3 is 2.53 bits per heavy atom. The van der Waals surface area contributed by atoms with Crippen LogP contribution in [0.1, 0.15) is 24.0 Å². The first-order chi connectivity index (χ1) is 16.6. The van der Waals surface area contributed by atoms with Gasteiger partial charge in [0.25, 0.3) is 0 Å². The number of carbonyl (C=O) groups excluding carboxylic acids is 1. The highest BCUT2D eigenvalue weighted by Crippen LogP contribution is 2.23. The zero-order valence-corrected chi connectivity index (χ0v) is 19.0.